The van der Waals surface area contributed by atoms with Crippen LogP contribution < -0.4 is 5.32 Å². The molecule has 1 aromatic heterocycles. The van der Waals surface area contributed by atoms with E-state index in [9.17, 15) is 0 Å². The van der Waals surface area contributed by atoms with Crippen molar-refractivity contribution in [1.29, 1.82) is 0 Å². The summed E-state index contributed by atoms with van der Waals surface area (Å²) in [7, 11) is 0. The van der Waals surface area contributed by atoms with Crippen molar-refractivity contribution in [3.8, 4) is 0 Å². The third kappa shape index (κ3) is 3.49. The SMILES string of the molecule is C=CC(C)Nc1cc(Cl)nc(C(C)(C)C)n1. The van der Waals surface area contributed by atoms with Crippen LogP contribution in [0.4, 0.5) is 5.82 Å². The Labute approximate surface area is 102 Å². The second kappa shape index (κ2) is 4.83. The van der Waals surface area contributed by atoms with Crippen molar-refractivity contribution in [2.45, 2.75) is 39.2 Å². The lowest BCUT2D eigenvalue weighted by Gasteiger charge is -2.18. The van der Waals surface area contributed by atoms with Gasteiger partial charge in [0.05, 0.1) is 0 Å². The molecule has 1 atom stereocenters. The third-order valence-electron chi connectivity index (χ3n) is 2.09. The van der Waals surface area contributed by atoms with E-state index in [1.165, 1.54) is 0 Å². The minimum Gasteiger partial charge on any atom is -0.364 e. The maximum atomic E-state index is 5.97. The first-order valence-corrected chi connectivity index (χ1v) is 5.65. The molecule has 4 heteroatoms. The summed E-state index contributed by atoms with van der Waals surface area (Å²) in [5.74, 6) is 1.47. The summed E-state index contributed by atoms with van der Waals surface area (Å²) in [6.07, 6.45) is 1.81. The zero-order valence-electron chi connectivity index (χ0n) is 10.2. The molecule has 1 heterocycles. The standard InChI is InChI=1S/C12H18ClN3/c1-6-8(2)14-10-7-9(13)15-11(16-10)12(3,4)5/h6-8H,1H2,2-5H3,(H,14,15,16). The maximum Gasteiger partial charge on any atom is 0.137 e. The van der Waals surface area contributed by atoms with Crippen LogP contribution in [0.15, 0.2) is 18.7 Å². The van der Waals surface area contributed by atoms with Crippen molar-refractivity contribution in [3.05, 3.63) is 29.7 Å². The molecule has 0 amide bonds. The van der Waals surface area contributed by atoms with Crippen LogP contribution in [0.25, 0.3) is 0 Å². The number of rotatable bonds is 3. The molecule has 0 aliphatic heterocycles. The molecule has 1 aromatic rings. The molecule has 16 heavy (non-hydrogen) atoms. The van der Waals surface area contributed by atoms with E-state index in [2.05, 4.69) is 42.6 Å². The van der Waals surface area contributed by atoms with E-state index in [1.807, 2.05) is 13.0 Å². The molecule has 1 rings (SSSR count). The zero-order chi connectivity index (χ0) is 12.3. The number of halogens is 1. The third-order valence-corrected chi connectivity index (χ3v) is 2.29. The summed E-state index contributed by atoms with van der Waals surface area (Å²) in [5, 5.41) is 3.65. The van der Waals surface area contributed by atoms with Crippen LogP contribution in [-0.4, -0.2) is 16.0 Å². The molecule has 3 nitrogen and oxygen atoms in total. The Morgan fingerprint density at radius 2 is 2.06 bits per heavy atom. The van der Waals surface area contributed by atoms with Gasteiger partial charge in [0.25, 0.3) is 0 Å². The highest BCUT2D eigenvalue weighted by Gasteiger charge is 2.18. The van der Waals surface area contributed by atoms with Gasteiger partial charge in [-0.15, -0.1) is 6.58 Å². The fraction of sp³-hybridized carbons (Fsp3) is 0.500. The minimum absolute atomic E-state index is 0.112. The summed E-state index contributed by atoms with van der Waals surface area (Å²) in [6.45, 7) is 11.9. The van der Waals surface area contributed by atoms with Crippen LogP contribution in [0, 0.1) is 0 Å². The van der Waals surface area contributed by atoms with E-state index in [0.717, 1.165) is 11.6 Å². The van der Waals surface area contributed by atoms with Crippen LogP contribution in [0.5, 0.6) is 0 Å². The van der Waals surface area contributed by atoms with Gasteiger partial charge in [-0.05, 0) is 6.92 Å². The van der Waals surface area contributed by atoms with Gasteiger partial charge in [-0.3, -0.25) is 0 Å². The van der Waals surface area contributed by atoms with Crippen molar-refractivity contribution in [3.63, 3.8) is 0 Å². The summed E-state index contributed by atoms with van der Waals surface area (Å²) in [4.78, 5) is 8.67. The highest BCUT2D eigenvalue weighted by molar-refractivity contribution is 6.29. The number of aromatic nitrogens is 2. The van der Waals surface area contributed by atoms with Gasteiger partial charge in [0.15, 0.2) is 0 Å². The van der Waals surface area contributed by atoms with Crippen LogP contribution in [0.2, 0.25) is 5.15 Å². The number of nitrogens with zero attached hydrogens (tertiary/aromatic N) is 2. The van der Waals surface area contributed by atoms with Gasteiger partial charge in [-0.25, -0.2) is 9.97 Å². The highest BCUT2D eigenvalue weighted by Crippen LogP contribution is 2.22. The molecule has 0 aromatic carbocycles. The van der Waals surface area contributed by atoms with Gasteiger partial charge in [0.2, 0.25) is 0 Å². The smallest absolute Gasteiger partial charge is 0.137 e. The fourth-order valence-corrected chi connectivity index (χ4v) is 1.30. The summed E-state index contributed by atoms with van der Waals surface area (Å²) in [6, 6.07) is 1.87. The van der Waals surface area contributed by atoms with Crippen molar-refractivity contribution >= 4 is 17.4 Å². The molecule has 0 aliphatic carbocycles. The second-order valence-electron chi connectivity index (χ2n) is 4.82. The van der Waals surface area contributed by atoms with Crippen molar-refractivity contribution in [1.82, 2.24) is 9.97 Å². The molecule has 0 aliphatic rings. The Bertz CT molecular complexity index is 382. The first kappa shape index (κ1) is 13.0. The van der Waals surface area contributed by atoms with E-state index in [4.69, 9.17) is 11.6 Å². The Kier molecular flexibility index (Phi) is 3.92. The van der Waals surface area contributed by atoms with E-state index in [1.54, 1.807) is 6.07 Å². The molecule has 1 N–H and O–H groups in total. The topological polar surface area (TPSA) is 37.8 Å². The van der Waals surface area contributed by atoms with Crippen molar-refractivity contribution < 1.29 is 0 Å². The Morgan fingerprint density at radius 1 is 1.44 bits per heavy atom. The molecule has 0 saturated heterocycles. The lowest BCUT2D eigenvalue weighted by Crippen LogP contribution is -2.19. The van der Waals surface area contributed by atoms with Gasteiger partial charge in [0, 0.05) is 17.5 Å². The quantitative estimate of drug-likeness (QED) is 0.649. The molecule has 88 valence electrons. The zero-order valence-corrected chi connectivity index (χ0v) is 11.0. The first-order chi connectivity index (χ1) is 7.32. The summed E-state index contributed by atoms with van der Waals surface area (Å²) in [5.41, 5.74) is -0.112. The largest absolute Gasteiger partial charge is 0.364 e. The van der Waals surface area contributed by atoms with Crippen LogP contribution in [0.1, 0.15) is 33.5 Å². The predicted octanol–water partition coefficient (Wildman–Crippen LogP) is 3.41. The summed E-state index contributed by atoms with van der Waals surface area (Å²) < 4.78 is 0. The van der Waals surface area contributed by atoms with Crippen molar-refractivity contribution in [2.24, 2.45) is 0 Å². The average Bonchev–Trinajstić information content (AvgIpc) is 2.15. The van der Waals surface area contributed by atoms with Crippen LogP contribution >= 0.6 is 11.6 Å². The highest BCUT2D eigenvalue weighted by atomic mass is 35.5. The van der Waals surface area contributed by atoms with E-state index >= 15 is 0 Å². The van der Waals surface area contributed by atoms with Crippen molar-refractivity contribution in [2.75, 3.05) is 5.32 Å². The molecule has 0 fully saturated rings. The predicted molar refractivity (Wildman–Crippen MR) is 69.0 cm³/mol. The van der Waals surface area contributed by atoms with E-state index in [-0.39, 0.29) is 11.5 Å². The molecular formula is C12H18ClN3. The van der Waals surface area contributed by atoms with E-state index < -0.39 is 0 Å². The number of hydrogen-bond acceptors (Lipinski definition) is 3. The van der Waals surface area contributed by atoms with Crippen LogP contribution in [0.3, 0.4) is 0 Å². The monoisotopic (exact) mass is 239 g/mol. The van der Waals surface area contributed by atoms with Gasteiger partial charge in [-0.2, -0.15) is 0 Å². The molecular weight excluding hydrogens is 222 g/mol. The lowest BCUT2D eigenvalue weighted by atomic mass is 9.96. The normalized spacial score (nSPS) is 13.3. The first-order valence-electron chi connectivity index (χ1n) is 5.27. The minimum atomic E-state index is -0.112. The Morgan fingerprint density at radius 3 is 2.56 bits per heavy atom. The van der Waals surface area contributed by atoms with Gasteiger partial charge >= 0.3 is 0 Å². The molecule has 0 saturated carbocycles. The van der Waals surface area contributed by atoms with Crippen LogP contribution in [-0.2, 0) is 5.41 Å². The van der Waals surface area contributed by atoms with Gasteiger partial charge in [0.1, 0.15) is 16.8 Å². The molecule has 1 unspecified atom stereocenters. The average molecular weight is 240 g/mol. The Hall–Kier alpha value is -1.09. The van der Waals surface area contributed by atoms with Gasteiger partial charge in [-0.1, -0.05) is 38.4 Å². The molecule has 0 spiro atoms. The summed E-state index contributed by atoms with van der Waals surface area (Å²) >= 11 is 5.97. The fourth-order valence-electron chi connectivity index (χ4n) is 1.12. The second-order valence-corrected chi connectivity index (χ2v) is 5.21. The number of anilines is 1. The van der Waals surface area contributed by atoms with Gasteiger partial charge < -0.3 is 5.32 Å². The number of nitrogens with one attached hydrogen (secondary N) is 1. The molecule has 0 radical (unpaired) electrons. The van der Waals surface area contributed by atoms with E-state index in [0.29, 0.717) is 5.15 Å². The Balaban J connectivity index is 3.03. The molecule has 0 bridgehead atoms. The number of hydrogen-bond donors (Lipinski definition) is 1. The lowest BCUT2D eigenvalue weighted by molar-refractivity contribution is 0.545. The maximum absolute atomic E-state index is 5.97.